The van der Waals surface area contributed by atoms with Crippen molar-refractivity contribution in [3.8, 4) is 0 Å². The van der Waals surface area contributed by atoms with Gasteiger partial charge in [0.15, 0.2) is 0 Å². The largest absolute Gasteiger partial charge is 0.399 e. The highest BCUT2D eigenvalue weighted by Gasteiger charge is 2.03. The van der Waals surface area contributed by atoms with Crippen LogP contribution in [-0.4, -0.2) is 4.98 Å². The van der Waals surface area contributed by atoms with Crippen molar-refractivity contribution in [2.45, 2.75) is 0 Å². The van der Waals surface area contributed by atoms with E-state index in [2.05, 4.69) is 4.98 Å². The van der Waals surface area contributed by atoms with Crippen molar-refractivity contribution < 1.29 is 0 Å². The standard InChI is InChI=1S/C12H11N3/c13-7-1-3-9-10-4-2-8(14)6-12(10)15-11(9)5-7/h1-6,15H,13-14H2. The van der Waals surface area contributed by atoms with E-state index in [0.717, 1.165) is 22.4 Å². The van der Waals surface area contributed by atoms with Gasteiger partial charge in [0.05, 0.1) is 0 Å². The minimum Gasteiger partial charge on any atom is -0.399 e. The van der Waals surface area contributed by atoms with Gasteiger partial charge in [-0.3, -0.25) is 0 Å². The Morgan fingerprint density at radius 1 is 0.733 bits per heavy atom. The second kappa shape index (κ2) is 2.67. The van der Waals surface area contributed by atoms with Crippen molar-refractivity contribution in [1.29, 1.82) is 0 Å². The lowest BCUT2D eigenvalue weighted by Gasteiger charge is -1.93. The van der Waals surface area contributed by atoms with E-state index in [9.17, 15) is 0 Å². The molecule has 0 aliphatic heterocycles. The van der Waals surface area contributed by atoms with Crippen LogP contribution in [0.25, 0.3) is 21.8 Å². The maximum atomic E-state index is 5.73. The average Bonchev–Trinajstić information content (AvgIpc) is 2.53. The Balaban J connectivity index is 2.51. The molecule has 3 heteroatoms. The van der Waals surface area contributed by atoms with Crippen molar-refractivity contribution in [3.63, 3.8) is 0 Å². The van der Waals surface area contributed by atoms with Crippen LogP contribution in [0.2, 0.25) is 0 Å². The first-order valence-corrected chi connectivity index (χ1v) is 4.80. The van der Waals surface area contributed by atoms with Crippen molar-refractivity contribution in [1.82, 2.24) is 4.98 Å². The van der Waals surface area contributed by atoms with Crippen molar-refractivity contribution >= 4 is 33.2 Å². The van der Waals surface area contributed by atoms with E-state index in [1.807, 2.05) is 36.4 Å². The lowest BCUT2D eigenvalue weighted by Crippen LogP contribution is -1.82. The highest BCUT2D eigenvalue weighted by atomic mass is 14.7. The lowest BCUT2D eigenvalue weighted by atomic mass is 10.1. The van der Waals surface area contributed by atoms with Gasteiger partial charge in [0, 0.05) is 33.2 Å². The number of aromatic amines is 1. The van der Waals surface area contributed by atoms with Gasteiger partial charge in [0.2, 0.25) is 0 Å². The summed E-state index contributed by atoms with van der Waals surface area (Å²) in [6.45, 7) is 0. The zero-order valence-electron chi connectivity index (χ0n) is 8.12. The molecule has 74 valence electrons. The SMILES string of the molecule is Nc1ccc2c(c1)[nH]c1cc(N)ccc12. The summed E-state index contributed by atoms with van der Waals surface area (Å²) >= 11 is 0. The first kappa shape index (κ1) is 8.17. The Bertz CT molecular complexity index is 596. The summed E-state index contributed by atoms with van der Waals surface area (Å²) in [5.41, 5.74) is 15.1. The number of nitrogen functional groups attached to an aromatic ring is 2. The molecule has 0 spiro atoms. The van der Waals surface area contributed by atoms with Crippen LogP contribution in [0.3, 0.4) is 0 Å². The Labute approximate surface area is 86.7 Å². The van der Waals surface area contributed by atoms with Crippen molar-refractivity contribution in [3.05, 3.63) is 36.4 Å². The number of benzene rings is 2. The van der Waals surface area contributed by atoms with Gasteiger partial charge in [-0.15, -0.1) is 0 Å². The van der Waals surface area contributed by atoms with E-state index >= 15 is 0 Å². The monoisotopic (exact) mass is 197 g/mol. The molecule has 0 fully saturated rings. The van der Waals surface area contributed by atoms with E-state index in [1.165, 1.54) is 10.8 Å². The molecule has 0 amide bonds. The number of fused-ring (bicyclic) bond motifs is 3. The minimum atomic E-state index is 0.766. The maximum absolute atomic E-state index is 5.73. The maximum Gasteiger partial charge on any atom is 0.0485 e. The second-order valence-corrected chi connectivity index (χ2v) is 3.74. The lowest BCUT2D eigenvalue weighted by molar-refractivity contribution is 1.54. The molecule has 3 rings (SSSR count). The Kier molecular flexibility index (Phi) is 1.45. The van der Waals surface area contributed by atoms with Gasteiger partial charge >= 0.3 is 0 Å². The summed E-state index contributed by atoms with van der Waals surface area (Å²) in [6.07, 6.45) is 0. The van der Waals surface area contributed by atoms with Crippen LogP contribution in [-0.2, 0) is 0 Å². The second-order valence-electron chi connectivity index (χ2n) is 3.74. The number of nitrogens with two attached hydrogens (primary N) is 2. The van der Waals surface area contributed by atoms with Crippen LogP contribution in [0.5, 0.6) is 0 Å². The van der Waals surface area contributed by atoms with Gasteiger partial charge in [0.25, 0.3) is 0 Å². The van der Waals surface area contributed by atoms with Crippen molar-refractivity contribution in [2.24, 2.45) is 0 Å². The molecule has 0 radical (unpaired) electrons. The van der Waals surface area contributed by atoms with Crippen molar-refractivity contribution in [2.75, 3.05) is 11.5 Å². The van der Waals surface area contributed by atoms with E-state index in [1.54, 1.807) is 0 Å². The molecule has 1 heterocycles. The number of nitrogens with one attached hydrogen (secondary N) is 1. The molecule has 15 heavy (non-hydrogen) atoms. The molecule has 3 nitrogen and oxygen atoms in total. The van der Waals surface area contributed by atoms with Crippen LogP contribution in [0.4, 0.5) is 11.4 Å². The highest BCUT2D eigenvalue weighted by molar-refractivity contribution is 6.08. The zero-order chi connectivity index (χ0) is 10.4. The third-order valence-corrected chi connectivity index (χ3v) is 2.65. The molecular formula is C12H11N3. The van der Waals surface area contributed by atoms with Gasteiger partial charge < -0.3 is 16.5 Å². The Hall–Kier alpha value is -2.16. The summed E-state index contributed by atoms with van der Waals surface area (Å²) in [5, 5.41) is 2.36. The van der Waals surface area contributed by atoms with Gasteiger partial charge in [-0.25, -0.2) is 0 Å². The fourth-order valence-electron chi connectivity index (χ4n) is 1.95. The molecule has 0 bridgehead atoms. The van der Waals surface area contributed by atoms with Gasteiger partial charge in [0.1, 0.15) is 0 Å². The number of hydrogen-bond donors (Lipinski definition) is 3. The summed E-state index contributed by atoms with van der Waals surface area (Å²) in [7, 11) is 0. The summed E-state index contributed by atoms with van der Waals surface area (Å²) < 4.78 is 0. The van der Waals surface area contributed by atoms with Crippen LogP contribution in [0, 0.1) is 0 Å². The molecule has 0 atom stereocenters. The number of aromatic nitrogens is 1. The third-order valence-electron chi connectivity index (χ3n) is 2.65. The first-order chi connectivity index (χ1) is 7.24. The predicted octanol–water partition coefficient (Wildman–Crippen LogP) is 2.49. The van der Waals surface area contributed by atoms with E-state index in [-0.39, 0.29) is 0 Å². The topological polar surface area (TPSA) is 67.8 Å². The minimum absolute atomic E-state index is 0.766. The predicted molar refractivity (Wildman–Crippen MR) is 64.6 cm³/mol. The number of hydrogen-bond acceptors (Lipinski definition) is 2. The molecule has 0 aliphatic carbocycles. The molecule has 0 saturated heterocycles. The molecule has 1 aromatic heterocycles. The molecule has 0 saturated carbocycles. The highest BCUT2D eigenvalue weighted by Crippen LogP contribution is 2.27. The fraction of sp³-hybridized carbons (Fsp3) is 0. The Morgan fingerprint density at radius 2 is 1.20 bits per heavy atom. The quantitative estimate of drug-likeness (QED) is 0.484. The van der Waals surface area contributed by atoms with Crippen LogP contribution < -0.4 is 11.5 Å². The van der Waals surface area contributed by atoms with E-state index < -0.39 is 0 Å². The summed E-state index contributed by atoms with van der Waals surface area (Å²) in [4.78, 5) is 3.30. The molecule has 2 aromatic carbocycles. The zero-order valence-corrected chi connectivity index (χ0v) is 8.12. The average molecular weight is 197 g/mol. The number of H-pyrrole nitrogens is 1. The molecule has 0 unspecified atom stereocenters. The van der Waals surface area contributed by atoms with E-state index in [4.69, 9.17) is 11.5 Å². The fourth-order valence-corrected chi connectivity index (χ4v) is 1.95. The van der Waals surface area contributed by atoms with E-state index in [0.29, 0.717) is 0 Å². The molecular weight excluding hydrogens is 186 g/mol. The van der Waals surface area contributed by atoms with Gasteiger partial charge in [-0.1, -0.05) is 12.1 Å². The van der Waals surface area contributed by atoms with Gasteiger partial charge in [-0.05, 0) is 24.3 Å². The molecule has 3 aromatic rings. The summed E-state index contributed by atoms with van der Waals surface area (Å²) in [5.74, 6) is 0. The van der Waals surface area contributed by atoms with Crippen LogP contribution >= 0.6 is 0 Å². The third kappa shape index (κ3) is 1.13. The molecule has 5 N–H and O–H groups in total. The van der Waals surface area contributed by atoms with Gasteiger partial charge in [-0.2, -0.15) is 0 Å². The van der Waals surface area contributed by atoms with Crippen LogP contribution in [0.1, 0.15) is 0 Å². The summed E-state index contributed by atoms with van der Waals surface area (Å²) in [6, 6.07) is 11.7. The number of anilines is 2. The van der Waals surface area contributed by atoms with Crippen LogP contribution in [0.15, 0.2) is 36.4 Å². The normalized spacial score (nSPS) is 11.2. The Morgan fingerprint density at radius 3 is 1.67 bits per heavy atom. The number of rotatable bonds is 0. The smallest absolute Gasteiger partial charge is 0.0485 e. The first-order valence-electron chi connectivity index (χ1n) is 4.80. The molecule has 0 aliphatic rings.